The minimum absolute atomic E-state index is 0.193. The first-order valence-corrected chi connectivity index (χ1v) is 6.56. The van der Waals surface area contributed by atoms with Crippen LogP contribution >= 0.6 is 0 Å². The Labute approximate surface area is 118 Å². The van der Waals surface area contributed by atoms with E-state index in [0.717, 1.165) is 11.1 Å². The summed E-state index contributed by atoms with van der Waals surface area (Å²) in [5, 5.41) is 14.2. The molecule has 2 amide bonds. The SMILES string of the molecule is Cc1cnccc1CNC(=O)N[C@H](CC(C)C)C(=O)O. The van der Waals surface area contributed by atoms with Gasteiger partial charge in [-0.3, -0.25) is 4.98 Å². The van der Waals surface area contributed by atoms with Crippen molar-refractivity contribution in [1.82, 2.24) is 15.6 Å². The molecule has 20 heavy (non-hydrogen) atoms. The maximum Gasteiger partial charge on any atom is 0.326 e. The van der Waals surface area contributed by atoms with Crippen LogP contribution in [-0.2, 0) is 11.3 Å². The number of aromatic nitrogens is 1. The van der Waals surface area contributed by atoms with Crippen molar-refractivity contribution in [2.24, 2.45) is 5.92 Å². The van der Waals surface area contributed by atoms with Gasteiger partial charge in [0.05, 0.1) is 0 Å². The highest BCUT2D eigenvalue weighted by atomic mass is 16.4. The molecule has 110 valence electrons. The third-order valence-corrected chi connectivity index (χ3v) is 2.89. The van der Waals surface area contributed by atoms with Crippen LogP contribution in [0.1, 0.15) is 31.4 Å². The summed E-state index contributed by atoms with van der Waals surface area (Å²) >= 11 is 0. The Morgan fingerprint density at radius 3 is 2.65 bits per heavy atom. The van der Waals surface area contributed by atoms with Crippen LogP contribution in [0.2, 0.25) is 0 Å². The minimum Gasteiger partial charge on any atom is -0.480 e. The summed E-state index contributed by atoms with van der Waals surface area (Å²) in [4.78, 5) is 26.7. The van der Waals surface area contributed by atoms with E-state index in [1.54, 1.807) is 12.4 Å². The van der Waals surface area contributed by atoms with Gasteiger partial charge in [0.2, 0.25) is 0 Å². The first kappa shape index (κ1) is 15.9. The van der Waals surface area contributed by atoms with Crippen LogP contribution in [0.15, 0.2) is 18.5 Å². The lowest BCUT2D eigenvalue weighted by molar-refractivity contribution is -0.139. The monoisotopic (exact) mass is 279 g/mol. The minimum atomic E-state index is -1.02. The average Bonchev–Trinajstić information content (AvgIpc) is 2.36. The Hall–Kier alpha value is -2.11. The number of aryl methyl sites for hydroxylation is 1. The smallest absolute Gasteiger partial charge is 0.326 e. The van der Waals surface area contributed by atoms with Gasteiger partial charge in [0.15, 0.2) is 0 Å². The number of aliphatic carboxylic acids is 1. The van der Waals surface area contributed by atoms with Crippen molar-refractivity contribution in [1.29, 1.82) is 0 Å². The number of urea groups is 1. The molecule has 1 rings (SSSR count). The van der Waals surface area contributed by atoms with Gasteiger partial charge in [0.25, 0.3) is 0 Å². The van der Waals surface area contributed by atoms with Gasteiger partial charge in [-0.25, -0.2) is 9.59 Å². The molecule has 1 aromatic rings. The van der Waals surface area contributed by atoms with Crippen LogP contribution < -0.4 is 10.6 Å². The summed E-state index contributed by atoms with van der Waals surface area (Å²) in [6.07, 6.45) is 3.77. The summed E-state index contributed by atoms with van der Waals surface area (Å²) in [6.45, 7) is 6.07. The standard InChI is InChI=1S/C14H21N3O3/c1-9(2)6-12(13(18)19)17-14(20)16-8-11-4-5-15-7-10(11)3/h4-5,7,9,12H,6,8H2,1-3H3,(H,18,19)(H2,16,17,20)/t12-/m1/s1. The highest BCUT2D eigenvalue weighted by Gasteiger charge is 2.20. The molecule has 0 saturated heterocycles. The Morgan fingerprint density at radius 1 is 1.40 bits per heavy atom. The molecule has 1 heterocycles. The van der Waals surface area contributed by atoms with Crippen LogP contribution in [0, 0.1) is 12.8 Å². The van der Waals surface area contributed by atoms with E-state index in [2.05, 4.69) is 15.6 Å². The van der Waals surface area contributed by atoms with Crippen molar-refractivity contribution in [3.63, 3.8) is 0 Å². The zero-order valence-corrected chi connectivity index (χ0v) is 12.0. The van der Waals surface area contributed by atoms with Crippen molar-refractivity contribution >= 4 is 12.0 Å². The number of carboxylic acid groups (broad SMARTS) is 1. The van der Waals surface area contributed by atoms with Crippen molar-refractivity contribution in [3.8, 4) is 0 Å². The largest absolute Gasteiger partial charge is 0.480 e. The Morgan fingerprint density at radius 2 is 2.10 bits per heavy atom. The van der Waals surface area contributed by atoms with E-state index in [0.29, 0.717) is 13.0 Å². The number of carbonyl (C=O) groups is 2. The quantitative estimate of drug-likeness (QED) is 0.739. The maximum absolute atomic E-state index is 11.7. The molecule has 0 aliphatic heterocycles. The normalized spacial score (nSPS) is 12.0. The third-order valence-electron chi connectivity index (χ3n) is 2.89. The van der Waals surface area contributed by atoms with Crippen LogP contribution in [-0.4, -0.2) is 28.1 Å². The third kappa shape index (κ3) is 5.26. The molecule has 0 aromatic carbocycles. The predicted octanol–water partition coefficient (Wildman–Crippen LogP) is 1.69. The summed E-state index contributed by atoms with van der Waals surface area (Å²) in [5.41, 5.74) is 1.93. The molecule has 3 N–H and O–H groups in total. The number of hydrogen-bond acceptors (Lipinski definition) is 3. The van der Waals surface area contributed by atoms with Gasteiger partial charge in [-0.2, -0.15) is 0 Å². The molecule has 0 radical (unpaired) electrons. The van der Waals surface area contributed by atoms with Crippen molar-refractivity contribution in [3.05, 3.63) is 29.6 Å². The van der Waals surface area contributed by atoms with E-state index < -0.39 is 18.0 Å². The topological polar surface area (TPSA) is 91.3 Å². The van der Waals surface area contributed by atoms with Crippen molar-refractivity contribution in [2.75, 3.05) is 0 Å². The number of amides is 2. The molecule has 0 aliphatic carbocycles. The van der Waals surface area contributed by atoms with E-state index >= 15 is 0 Å². The first-order valence-electron chi connectivity index (χ1n) is 6.56. The zero-order chi connectivity index (χ0) is 15.1. The molecule has 0 fully saturated rings. The lowest BCUT2D eigenvalue weighted by atomic mass is 10.0. The fraction of sp³-hybridized carbons (Fsp3) is 0.500. The summed E-state index contributed by atoms with van der Waals surface area (Å²) in [7, 11) is 0. The molecule has 1 atom stereocenters. The molecular weight excluding hydrogens is 258 g/mol. The summed E-state index contributed by atoms with van der Waals surface area (Å²) in [5.74, 6) is -0.826. The molecule has 0 aliphatic rings. The number of nitrogens with zero attached hydrogens (tertiary/aromatic N) is 1. The molecule has 0 saturated carbocycles. The molecular formula is C14H21N3O3. The summed E-state index contributed by atoms with van der Waals surface area (Å²) < 4.78 is 0. The van der Waals surface area contributed by atoms with Crippen LogP contribution in [0.25, 0.3) is 0 Å². The second kappa shape index (κ2) is 7.47. The zero-order valence-electron chi connectivity index (χ0n) is 12.0. The Balaban J connectivity index is 2.50. The van der Waals surface area contributed by atoms with Gasteiger partial charge in [-0.15, -0.1) is 0 Å². The van der Waals surface area contributed by atoms with Gasteiger partial charge >= 0.3 is 12.0 Å². The first-order chi connectivity index (χ1) is 9.40. The lowest BCUT2D eigenvalue weighted by Gasteiger charge is -2.17. The number of carboxylic acids is 1. The van der Waals surface area contributed by atoms with E-state index in [9.17, 15) is 9.59 Å². The van der Waals surface area contributed by atoms with Crippen LogP contribution in [0.3, 0.4) is 0 Å². The van der Waals surface area contributed by atoms with Gasteiger partial charge < -0.3 is 15.7 Å². The van der Waals surface area contributed by atoms with Crippen molar-refractivity contribution < 1.29 is 14.7 Å². The fourth-order valence-electron chi connectivity index (χ4n) is 1.78. The Kier molecular flexibility index (Phi) is 5.96. The highest BCUT2D eigenvalue weighted by molar-refractivity contribution is 5.82. The Bertz CT molecular complexity index is 474. The van der Waals surface area contributed by atoms with Crippen LogP contribution in [0.4, 0.5) is 4.79 Å². The number of rotatable bonds is 6. The maximum atomic E-state index is 11.7. The molecule has 0 spiro atoms. The molecule has 0 unspecified atom stereocenters. The number of carbonyl (C=O) groups excluding carboxylic acids is 1. The van der Waals surface area contributed by atoms with Gasteiger partial charge in [0.1, 0.15) is 6.04 Å². The number of nitrogens with one attached hydrogen (secondary N) is 2. The van der Waals surface area contributed by atoms with Gasteiger partial charge in [0, 0.05) is 18.9 Å². The fourth-order valence-corrected chi connectivity index (χ4v) is 1.78. The summed E-state index contributed by atoms with van der Waals surface area (Å²) in [6, 6.07) is 0.473. The van der Waals surface area contributed by atoms with E-state index in [-0.39, 0.29) is 5.92 Å². The number of pyridine rings is 1. The van der Waals surface area contributed by atoms with E-state index in [1.165, 1.54) is 0 Å². The van der Waals surface area contributed by atoms with E-state index in [1.807, 2.05) is 26.8 Å². The van der Waals surface area contributed by atoms with Crippen LogP contribution in [0.5, 0.6) is 0 Å². The lowest BCUT2D eigenvalue weighted by Crippen LogP contribution is -2.46. The highest BCUT2D eigenvalue weighted by Crippen LogP contribution is 2.06. The van der Waals surface area contributed by atoms with Gasteiger partial charge in [-0.1, -0.05) is 13.8 Å². The molecule has 6 heteroatoms. The van der Waals surface area contributed by atoms with Crippen molar-refractivity contribution in [2.45, 2.75) is 39.8 Å². The predicted molar refractivity (Wildman–Crippen MR) is 75.2 cm³/mol. The van der Waals surface area contributed by atoms with Gasteiger partial charge in [-0.05, 0) is 36.5 Å². The molecule has 6 nitrogen and oxygen atoms in total. The number of hydrogen-bond donors (Lipinski definition) is 3. The molecule has 1 aromatic heterocycles. The van der Waals surface area contributed by atoms with E-state index in [4.69, 9.17) is 5.11 Å². The average molecular weight is 279 g/mol. The second-order valence-electron chi connectivity index (χ2n) is 5.15. The second-order valence-corrected chi connectivity index (χ2v) is 5.15. The molecule has 0 bridgehead atoms.